The number of hydrogen-bond acceptors (Lipinski definition) is 7. The van der Waals surface area contributed by atoms with E-state index < -0.39 is 23.6 Å². The quantitative estimate of drug-likeness (QED) is 0.465. The lowest BCUT2D eigenvalue weighted by molar-refractivity contribution is 0.0313. The smallest absolute Gasteiger partial charge is 0.407 e. The van der Waals surface area contributed by atoms with E-state index in [0.717, 1.165) is 9.10 Å². The van der Waals surface area contributed by atoms with Crippen LogP contribution >= 0.6 is 34.7 Å². The standard InChI is InChI=1S/C20H20ClFN4O2S2/c1-20(2,3)15(28-19(27)23-4)17-26-14(12-6-5-8-25-16(12)22)18(30-17)29-11-7-9-24-13(21)10-11/h5-10,15H,1-4H3,(H,23,27). The van der Waals surface area contributed by atoms with Crippen molar-refractivity contribution >= 4 is 40.8 Å². The number of carbonyl (C=O) groups excluding carboxylic acids is 1. The fraction of sp³-hybridized carbons (Fsp3) is 0.300. The molecule has 0 saturated carbocycles. The van der Waals surface area contributed by atoms with Crippen LogP contribution in [0.3, 0.4) is 0 Å². The zero-order valence-electron chi connectivity index (χ0n) is 16.8. The summed E-state index contributed by atoms with van der Waals surface area (Å²) in [4.78, 5) is 25.2. The fourth-order valence-electron chi connectivity index (χ4n) is 2.55. The fourth-order valence-corrected chi connectivity index (χ4v) is 5.36. The molecule has 10 heteroatoms. The minimum absolute atomic E-state index is 0.273. The van der Waals surface area contributed by atoms with E-state index >= 15 is 0 Å². The summed E-state index contributed by atoms with van der Waals surface area (Å²) in [6, 6.07) is 6.80. The highest BCUT2D eigenvalue weighted by molar-refractivity contribution is 8.01. The van der Waals surface area contributed by atoms with Gasteiger partial charge in [-0.1, -0.05) is 44.1 Å². The van der Waals surface area contributed by atoms with Crippen molar-refractivity contribution in [3.8, 4) is 11.3 Å². The molecule has 0 aromatic carbocycles. The molecule has 0 aliphatic carbocycles. The van der Waals surface area contributed by atoms with Crippen molar-refractivity contribution in [3.63, 3.8) is 0 Å². The maximum atomic E-state index is 14.5. The molecule has 1 unspecified atom stereocenters. The number of hydrogen-bond donors (Lipinski definition) is 1. The summed E-state index contributed by atoms with van der Waals surface area (Å²) in [6.45, 7) is 5.84. The zero-order valence-corrected chi connectivity index (χ0v) is 19.2. The average molecular weight is 467 g/mol. The van der Waals surface area contributed by atoms with E-state index in [9.17, 15) is 9.18 Å². The number of amides is 1. The minimum atomic E-state index is -0.628. The summed E-state index contributed by atoms with van der Waals surface area (Å²) in [5, 5.41) is 3.38. The van der Waals surface area contributed by atoms with Crippen LogP contribution in [0.4, 0.5) is 9.18 Å². The lowest BCUT2D eigenvalue weighted by atomic mass is 9.89. The topological polar surface area (TPSA) is 77.0 Å². The van der Waals surface area contributed by atoms with Crippen molar-refractivity contribution in [1.82, 2.24) is 20.3 Å². The molecule has 158 valence electrons. The van der Waals surface area contributed by atoms with Gasteiger partial charge in [-0.05, 0) is 24.3 Å². The van der Waals surface area contributed by atoms with Crippen molar-refractivity contribution in [2.75, 3.05) is 7.05 Å². The second-order valence-corrected chi connectivity index (χ2v) is 10.1. The van der Waals surface area contributed by atoms with Crippen LogP contribution < -0.4 is 5.32 Å². The van der Waals surface area contributed by atoms with Crippen molar-refractivity contribution < 1.29 is 13.9 Å². The van der Waals surface area contributed by atoms with Crippen LogP contribution in [0.2, 0.25) is 5.15 Å². The number of ether oxygens (including phenoxy) is 1. The summed E-state index contributed by atoms with van der Waals surface area (Å²) < 4.78 is 20.8. The summed E-state index contributed by atoms with van der Waals surface area (Å²) >= 11 is 8.74. The van der Waals surface area contributed by atoms with Crippen LogP contribution in [-0.2, 0) is 4.74 Å². The van der Waals surface area contributed by atoms with Gasteiger partial charge in [0.1, 0.15) is 15.9 Å². The first kappa shape index (κ1) is 22.5. The molecule has 0 fully saturated rings. The van der Waals surface area contributed by atoms with E-state index in [1.54, 1.807) is 24.4 Å². The third-order valence-corrected chi connectivity index (χ3v) is 6.44. The monoisotopic (exact) mass is 466 g/mol. The lowest BCUT2D eigenvalue weighted by Crippen LogP contribution is -2.28. The van der Waals surface area contributed by atoms with Gasteiger partial charge in [-0.2, -0.15) is 4.39 Å². The molecule has 3 aromatic heterocycles. The summed E-state index contributed by atoms with van der Waals surface area (Å²) in [7, 11) is 1.49. The van der Waals surface area contributed by atoms with Crippen LogP contribution in [0.25, 0.3) is 11.3 Å². The SMILES string of the molecule is CNC(=O)OC(c1nc(-c2cccnc2F)c(Sc2ccnc(Cl)c2)s1)C(C)(C)C. The van der Waals surface area contributed by atoms with Crippen molar-refractivity contribution in [3.05, 3.63) is 52.8 Å². The Bertz CT molecular complexity index is 1060. The highest BCUT2D eigenvalue weighted by Gasteiger charge is 2.34. The summed E-state index contributed by atoms with van der Waals surface area (Å²) in [5.74, 6) is -0.622. The number of nitrogens with one attached hydrogen (secondary N) is 1. The van der Waals surface area contributed by atoms with Gasteiger partial charge in [-0.3, -0.25) is 0 Å². The van der Waals surface area contributed by atoms with E-state index in [1.807, 2.05) is 26.8 Å². The summed E-state index contributed by atoms with van der Waals surface area (Å²) in [6.07, 6.45) is 1.79. The first-order chi connectivity index (χ1) is 14.2. The second-order valence-electron chi connectivity index (χ2n) is 7.35. The van der Waals surface area contributed by atoms with E-state index in [-0.39, 0.29) is 5.56 Å². The molecule has 0 radical (unpaired) electrons. The highest BCUT2D eigenvalue weighted by atomic mass is 35.5. The molecule has 6 nitrogen and oxygen atoms in total. The number of aromatic nitrogens is 3. The molecule has 3 rings (SSSR count). The highest BCUT2D eigenvalue weighted by Crippen LogP contribution is 2.46. The molecule has 1 N–H and O–H groups in total. The van der Waals surface area contributed by atoms with Crippen LogP contribution in [0.5, 0.6) is 0 Å². The van der Waals surface area contributed by atoms with Gasteiger partial charge in [-0.15, -0.1) is 11.3 Å². The third-order valence-electron chi connectivity index (χ3n) is 3.98. The van der Waals surface area contributed by atoms with Gasteiger partial charge in [0.25, 0.3) is 0 Å². The molecule has 0 bridgehead atoms. The first-order valence-electron chi connectivity index (χ1n) is 8.98. The Kier molecular flexibility index (Phi) is 6.95. The Hall–Kier alpha value is -2.23. The van der Waals surface area contributed by atoms with Gasteiger partial charge in [0.15, 0.2) is 6.10 Å². The molecule has 1 amide bonds. The lowest BCUT2D eigenvalue weighted by Gasteiger charge is -2.28. The van der Waals surface area contributed by atoms with Crippen LogP contribution in [0.15, 0.2) is 45.8 Å². The number of halogens is 2. The van der Waals surface area contributed by atoms with Gasteiger partial charge < -0.3 is 10.1 Å². The molecule has 1 atom stereocenters. The molecular weight excluding hydrogens is 447 g/mol. The molecule has 30 heavy (non-hydrogen) atoms. The Balaban J connectivity index is 2.11. The van der Waals surface area contributed by atoms with E-state index in [0.29, 0.717) is 15.9 Å². The second kappa shape index (κ2) is 9.28. The van der Waals surface area contributed by atoms with Crippen LogP contribution in [0, 0.1) is 11.4 Å². The van der Waals surface area contributed by atoms with E-state index in [4.69, 9.17) is 16.3 Å². The first-order valence-corrected chi connectivity index (χ1v) is 11.0. The Morgan fingerprint density at radius 3 is 2.70 bits per heavy atom. The predicted octanol–water partition coefficient (Wildman–Crippen LogP) is 5.99. The molecule has 0 spiro atoms. The predicted molar refractivity (Wildman–Crippen MR) is 116 cm³/mol. The van der Waals surface area contributed by atoms with Crippen molar-refractivity contribution in [2.45, 2.75) is 36.0 Å². The van der Waals surface area contributed by atoms with E-state index in [2.05, 4.69) is 20.3 Å². The number of thiazole rings is 1. The Labute approximate surface area is 187 Å². The van der Waals surface area contributed by atoms with E-state index in [1.165, 1.54) is 36.3 Å². The van der Waals surface area contributed by atoms with Crippen molar-refractivity contribution in [2.24, 2.45) is 5.41 Å². The molecule has 0 aliphatic rings. The summed E-state index contributed by atoms with van der Waals surface area (Å²) in [5.41, 5.74) is 0.278. The number of nitrogens with zero attached hydrogens (tertiary/aromatic N) is 3. The maximum Gasteiger partial charge on any atom is 0.407 e. The Morgan fingerprint density at radius 1 is 1.30 bits per heavy atom. The number of pyridine rings is 2. The minimum Gasteiger partial charge on any atom is -0.438 e. The average Bonchev–Trinajstić information content (AvgIpc) is 3.08. The molecule has 3 heterocycles. The normalized spacial score (nSPS) is 12.5. The van der Waals surface area contributed by atoms with Crippen LogP contribution in [0.1, 0.15) is 31.9 Å². The van der Waals surface area contributed by atoms with Gasteiger partial charge in [0, 0.05) is 29.8 Å². The third kappa shape index (κ3) is 5.27. The zero-order chi connectivity index (χ0) is 21.9. The largest absolute Gasteiger partial charge is 0.438 e. The van der Waals surface area contributed by atoms with Gasteiger partial charge >= 0.3 is 6.09 Å². The van der Waals surface area contributed by atoms with Gasteiger partial charge in [0.05, 0.1) is 9.77 Å². The number of alkyl carbamates (subject to hydrolysis) is 1. The van der Waals surface area contributed by atoms with Gasteiger partial charge in [0.2, 0.25) is 5.95 Å². The number of carbonyl (C=O) groups is 1. The number of rotatable bonds is 5. The molecule has 0 aliphatic heterocycles. The maximum absolute atomic E-state index is 14.5. The van der Waals surface area contributed by atoms with Crippen molar-refractivity contribution in [1.29, 1.82) is 0 Å². The molecule has 3 aromatic rings. The van der Waals surface area contributed by atoms with Gasteiger partial charge in [-0.25, -0.2) is 19.7 Å². The molecular formula is C20H20ClFN4O2S2. The molecule has 0 saturated heterocycles. The van der Waals surface area contributed by atoms with Crippen LogP contribution in [-0.4, -0.2) is 28.1 Å². The Morgan fingerprint density at radius 2 is 2.07 bits per heavy atom.